The molecule has 2 rings (SSSR count). The average Bonchev–Trinajstić information content (AvgIpc) is 2.61. The van der Waals surface area contributed by atoms with E-state index in [0.29, 0.717) is 17.5 Å². The second-order valence-corrected chi connectivity index (χ2v) is 3.32. The fourth-order valence-electron chi connectivity index (χ4n) is 1.49. The highest BCUT2D eigenvalue weighted by atomic mass is 16.4. The van der Waals surface area contributed by atoms with E-state index in [1.54, 1.807) is 19.1 Å². The molecule has 1 N–H and O–H groups in total. The van der Waals surface area contributed by atoms with Crippen LogP contribution < -0.4 is 0 Å². The minimum Gasteiger partial charge on any atom is -0.481 e. The summed E-state index contributed by atoms with van der Waals surface area (Å²) in [6.07, 6.45) is 0.474. The molecule has 1 heterocycles. The van der Waals surface area contributed by atoms with Crippen LogP contribution in [0, 0.1) is 0 Å². The normalized spacial score (nSPS) is 12.9. The van der Waals surface area contributed by atoms with Gasteiger partial charge >= 0.3 is 5.97 Å². The predicted molar refractivity (Wildman–Crippen MR) is 54.7 cm³/mol. The second-order valence-electron chi connectivity index (χ2n) is 3.32. The van der Waals surface area contributed by atoms with Crippen LogP contribution in [0.5, 0.6) is 0 Å². The predicted octanol–water partition coefficient (Wildman–Crippen LogP) is 2.41. The van der Waals surface area contributed by atoms with Crippen LogP contribution in [-0.2, 0) is 4.79 Å². The first-order valence-corrected chi connectivity index (χ1v) is 4.80. The van der Waals surface area contributed by atoms with E-state index in [1.165, 1.54) is 0 Å². The van der Waals surface area contributed by atoms with Gasteiger partial charge in [0.25, 0.3) is 0 Å². The summed E-state index contributed by atoms with van der Waals surface area (Å²) in [5.74, 6) is -1.27. The first-order chi connectivity index (χ1) is 7.22. The van der Waals surface area contributed by atoms with Crippen molar-refractivity contribution >= 4 is 17.1 Å². The molecule has 2 aromatic rings. The average molecular weight is 205 g/mol. The molecule has 0 aliphatic carbocycles. The molecule has 4 heteroatoms. The summed E-state index contributed by atoms with van der Waals surface area (Å²) < 4.78 is 5.39. The minimum absolute atomic E-state index is 0.284. The highest BCUT2D eigenvalue weighted by Crippen LogP contribution is 2.23. The number of para-hydroxylation sites is 2. The third-order valence-corrected chi connectivity index (χ3v) is 2.31. The molecule has 0 saturated carbocycles. The van der Waals surface area contributed by atoms with Gasteiger partial charge in [0.15, 0.2) is 5.58 Å². The lowest BCUT2D eigenvalue weighted by atomic mass is 10.1. The fraction of sp³-hybridized carbons (Fsp3) is 0.273. The largest absolute Gasteiger partial charge is 0.481 e. The van der Waals surface area contributed by atoms with Gasteiger partial charge in [-0.05, 0) is 18.6 Å². The molecule has 0 saturated heterocycles. The zero-order valence-electron chi connectivity index (χ0n) is 8.30. The van der Waals surface area contributed by atoms with Crippen molar-refractivity contribution in [2.75, 3.05) is 0 Å². The maximum Gasteiger partial charge on any atom is 0.315 e. The molecule has 78 valence electrons. The molecule has 0 aliphatic rings. The number of nitrogens with zero attached hydrogens (tertiary/aromatic N) is 1. The van der Waals surface area contributed by atoms with Crippen molar-refractivity contribution in [3.05, 3.63) is 30.2 Å². The Morgan fingerprint density at radius 2 is 2.27 bits per heavy atom. The van der Waals surface area contributed by atoms with Crippen molar-refractivity contribution in [3.8, 4) is 0 Å². The third kappa shape index (κ3) is 1.70. The molecule has 1 atom stereocenters. The standard InChI is InChI=1S/C11H11NO3/c1-2-7(11(13)14)10-12-8-5-3-4-6-9(8)15-10/h3-7H,2H2,1H3,(H,13,14). The molecule has 0 radical (unpaired) electrons. The summed E-state index contributed by atoms with van der Waals surface area (Å²) in [6.45, 7) is 1.80. The number of aromatic nitrogens is 1. The van der Waals surface area contributed by atoms with Crippen LogP contribution in [0.4, 0.5) is 0 Å². The van der Waals surface area contributed by atoms with E-state index in [0.717, 1.165) is 0 Å². The second kappa shape index (κ2) is 3.73. The van der Waals surface area contributed by atoms with Gasteiger partial charge < -0.3 is 9.52 Å². The van der Waals surface area contributed by atoms with Gasteiger partial charge in [0.2, 0.25) is 5.89 Å². The van der Waals surface area contributed by atoms with Crippen LogP contribution >= 0.6 is 0 Å². The summed E-state index contributed by atoms with van der Waals surface area (Å²) in [6, 6.07) is 7.26. The summed E-state index contributed by atoms with van der Waals surface area (Å²) in [7, 11) is 0. The minimum atomic E-state index is -0.899. The Morgan fingerprint density at radius 3 is 2.87 bits per heavy atom. The molecule has 0 aliphatic heterocycles. The molecule has 4 nitrogen and oxygen atoms in total. The SMILES string of the molecule is CCC(C(=O)O)c1nc2ccccc2o1. The lowest BCUT2D eigenvalue weighted by Crippen LogP contribution is -2.10. The summed E-state index contributed by atoms with van der Waals surface area (Å²) in [5, 5.41) is 8.95. The van der Waals surface area contributed by atoms with Crippen molar-refractivity contribution < 1.29 is 14.3 Å². The molecule has 0 amide bonds. The lowest BCUT2D eigenvalue weighted by Gasteiger charge is -2.02. The van der Waals surface area contributed by atoms with Crippen molar-refractivity contribution in [1.82, 2.24) is 4.98 Å². The molecule has 1 aromatic heterocycles. The van der Waals surface area contributed by atoms with E-state index < -0.39 is 11.9 Å². The Labute approximate surface area is 86.5 Å². The van der Waals surface area contributed by atoms with Crippen LogP contribution in [0.15, 0.2) is 28.7 Å². The van der Waals surface area contributed by atoms with Crippen molar-refractivity contribution in [2.45, 2.75) is 19.3 Å². The van der Waals surface area contributed by atoms with Crippen LogP contribution in [0.25, 0.3) is 11.1 Å². The van der Waals surface area contributed by atoms with E-state index in [-0.39, 0.29) is 5.89 Å². The maximum absolute atomic E-state index is 10.9. The van der Waals surface area contributed by atoms with Gasteiger partial charge in [0, 0.05) is 0 Å². The number of hydrogen-bond donors (Lipinski definition) is 1. The molecule has 1 aromatic carbocycles. The Hall–Kier alpha value is -1.84. The number of carboxylic acids is 1. The molecule has 15 heavy (non-hydrogen) atoms. The van der Waals surface area contributed by atoms with Crippen LogP contribution in [-0.4, -0.2) is 16.1 Å². The van der Waals surface area contributed by atoms with Crippen molar-refractivity contribution in [2.24, 2.45) is 0 Å². The first kappa shape index (κ1) is 9.71. The topological polar surface area (TPSA) is 63.3 Å². The monoisotopic (exact) mass is 205 g/mol. The van der Waals surface area contributed by atoms with Crippen LogP contribution in [0.1, 0.15) is 25.2 Å². The first-order valence-electron chi connectivity index (χ1n) is 4.80. The van der Waals surface area contributed by atoms with Crippen LogP contribution in [0.2, 0.25) is 0 Å². The molecule has 0 spiro atoms. The molecule has 0 fully saturated rings. The highest BCUT2D eigenvalue weighted by molar-refractivity contribution is 5.77. The zero-order valence-corrected chi connectivity index (χ0v) is 8.30. The van der Waals surface area contributed by atoms with Gasteiger partial charge in [-0.15, -0.1) is 0 Å². The van der Waals surface area contributed by atoms with Crippen molar-refractivity contribution in [1.29, 1.82) is 0 Å². The van der Waals surface area contributed by atoms with Crippen LogP contribution in [0.3, 0.4) is 0 Å². The number of oxazole rings is 1. The van der Waals surface area contributed by atoms with Gasteiger partial charge in [0.1, 0.15) is 11.4 Å². The number of rotatable bonds is 3. The van der Waals surface area contributed by atoms with Gasteiger partial charge in [-0.3, -0.25) is 4.79 Å². The summed E-state index contributed by atoms with van der Waals surface area (Å²) >= 11 is 0. The van der Waals surface area contributed by atoms with E-state index in [2.05, 4.69) is 4.98 Å². The number of fused-ring (bicyclic) bond motifs is 1. The smallest absolute Gasteiger partial charge is 0.315 e. The molecule has 1 unspecified atom stereocenters. The van der Waals surface area contributed by atoms with Gasteiger partial charge in [0.05, 0.1) is 0 Å². The Kier molecular flexibility index (Phi) is 2.41. The summed E-state index contributed by atoms with van der Waals surface area (Å²) in [5.41, 5.74) is 1.33. The zero-order chi connectivity index (χ0) is 10.8. The van der Waals surface area contributed by atoms with Crippen molar-refractivity contribution in [3.63, 3.8) is 0 Å². The van der Waals surface area contributed by atoms with Gasteiger partial charge in [-0.2, -0.15) is 0 Å². The lowest BCUT2D eigenvalue weighted by molar-refractivity contribution is -0.139. The van der Waals surface area contributed by atoms with E-state index in [4.69, 9.17) is 9.52 Å². The Bertz CT molecular complexity index is 456. The molecular formula is C11H11NO3. The number of benzene rings is 1. The molecular weight excluding hydrogens is 194 g/mol. The van der Waals surface area contributed by atoms with E-state index in [1.807, 2.05) is 12.1 Å². The Morgan fingerprint density at radius 1 is 1.53 bits per heavy atom. The van der Waals surface area contributed by atoms with E-state index in [9.17, 15) is 4.79 Å². The highest BCUT2D eigenvalue weighted by Gasteiger charge is 2.23. The summed E-state index contributed by atoms with van der Waals surface area (Å²) in [4.78, 5) is 15.1. The van der Waals surface area contributed by atoms with Gasteiger partial charge in [-0.25, -0.2) is 4.98 Å². The number of carboxylic acid groups (broad SMARTS) is 1. The Balaban J connectivity index is 2.47. The number of aliphatic carboxylic acids is 1. The quantitative estimate of drug-likeness (QED) is 0.835. The number of hydrogen-bond acceptors (Lipinski definition) is 3. The van der Waals surface area contributed by atoms with E-state index >= 15 is 0 Å². The van der Waals surface area contributed by atoms with Gasteiger partial charge in [-0.1, -0.05) is 19.1 Å². The number of carbonyl (C=O) groups is 1. The third-order valence-electron chi connectivity index (χ3n) is 2.31. The molecule has 0 bridgehead atoms. The fourth-order valence-corrected chi connectivity index (χ4v) is 1.49. The maximum atomic E-state index is 10.9.